The molecule has 2 aromatic rings. The van der Waals surface area contributed by atoms with Crippen LogP contribution in [0.15, 0.2) is 35.5 Å². The number of benzene rings is 1. The molecule has 1 aromatic heterocycles. The van der Waals surface area contributed by atoms with Gasteiger partial charge in [0.1, 0.15) is 5.01 Å². The van der Waals surface area contributed by atoms with Gasteiger partial charge in [0.05, 0.1) is 19.8 Å². The smallest absolute Gasteiger partial charge is 0.191 e. The van der Waals surface area contributed by atoms with Crippen LogP contribution in [0.2, 0.25) is 0 Å². The predicted octanol–water partition coefficient (Wildman–Crippen LogP) is 2.15. The molecule has 6 nitrogen and oxygen atoms in total. The molecule has 0 radical (unpaired) electrons. The van der Waals surface area contributed by atoms with Gasteiger partial charge in [0.15, 0.2) is 5.96 Å². The quantitative estimate of drug-likeness (QED) is 0.633. The van der Waals surface area contributed by atoms with Gasteiger partial charge in [0, 0.05) is 43.4 Å². The van der Waals surface area contributed by atoms with E-state index in [9.17, 15) is 0 Å². The molecule has 0 atom stereocenters. The van der Waals surface area contributed by atoms with Crippen molar-refractivity contribution in [2.24, 2.45) is 4.99 Å². The highest BCUT2D eigenvalue weighted by molar-refractivity contribution is 7.11. The normalized spacial score (nSPS) is 15.3. The minimum absolute atomic E-state index is 0.689. The van der Waals surface area contributed by atoms with Gasteiger partial charge in [0.25, 0.3) is 0 Å². The third-order valence-corrected chi connectivity index (χ3v) is 4.99. The number of nitrogens with one attached hydrogen (secondary N) is 2. The monoisotopic (exact) mass is 359 g/mol. The lowest BCUT2D eigenvalue weighted by molar-refractivity contribution is 0.122. The summed E-state index contributed by atoms with van der Waals surface area (Å²) in [6.45, 7) is 7.03. The van der Waals surface area contributed by atoms with E-state index >= 15 is 0 Å². The predicted molar refractivity (Wildman–Crippen MR) is 103 cm³/mol. The van der Waals surface area contributed by atoms with Crippen molar-refractivity contribution in [2.45, 2.75) is 20.0 Å². The number of aliphatic imine (C=N–C) groups is 1. The zero-order valence-electron chi connectivity index (χ0n) is 14.8. The molecule has 7 heteroatoms. The van der Waals surface area contributed by atoms with E-state index in [0.717, 1.165) is 43.8 Å². The lowest BCUT2D eigenvalue weighted by Gasteiger charge is -2.28. The van der Waals surface area contributed by atoms with Crippen LogP contribution < -0.4 is 15.5 Å². The molecule has 0 spiro atoms. The summed E-state index contributed by atoms with van der Waals surface area (Å²) < 4.78 is 5.40. The molecular formula is C18H25N5OS. The Labute approximate surface area is 152 Å². The first-order valence-electron chi connectivity index (χ1n) is 8.52. The molecule has 1 aliphatic rings. The van der Waals surface area contributed by atoms with E-state index < -0.39 is 0 Å². The molecule has 134 valence electrons. The van der Waals surface area contributed by atoms with Crippen molar-refractivity contribution in [3.8, 4) is 0 Å². The molecule has 0 aliphatic carbocycles. The second-order valence-electron chi connectivity index (χ2n) is 5.91. The minimum atomic E-state index is 0.689. The number of aromatic nitrogens is 1. The first-order valence-corrected chi connectivity index (χ1v) is 9.34. The number of aryl methyl sites for hydroxylation is 1. The van der Waals surface area contributed by atoms with E-state index in [1.165, 1.54) is 16.1 Å². The molecule has 1 saturated heterocycles. The minimum Gasteiger partial charge on any atom is -0.378 e. The van der Waals surface area contributed by atoms with Gasteiger partial charge < -0.3 is 20.3 Å². The van der Waals surface area contributed by atoms with Crippen LogP contribution in [-0.4, -0.2) is 44.3 Å². The first-order chi connectivity index (χ1) is 12.2. The molecule has 2 N–H and O–H groups in total. The Kier molecular flexibility index (Phi) is 6.25. The number of anilines is 1. The summed E-state index contributed by atoms with van der Waals surface area (Å²) in [4.78, 5) is 12.2. The molecule has 0 bridgehead atoms. The van der Waals surface area contributed by atoms with Crippen molar-refractivity contribution in [1.29, 1.82) is 0 Å². The fourth-order valence-corrected chi connectivity index (χ4v) is 3.42. The number of thiazole rings is 1. The Morgan fingerprint density at radius 2 is 1.92 bits per heavy atom. The summed E-state index contributed by atoms with van der Waals surface area (Å²) in [7, 11) is 1.78. The SMILES string of the molecule is CN=C(NCc1ccc(N2CCOCC2)cc1)NCc1ncc(C)s1. The first kappa shape index (κ1) is 17.7. The highest BCUT2D eigenvalue weighted by atomic mass is 32.1. The number of guanidine groups is 1. The second-order valence-corrected chi connectivity index (χ2v) is 7.23. The van der Waals surface area contributed by atoms with Crippen molar-refractivity contribution in [3.05, 3.63) is 45.9 Å². The van der Waals surface area contributed by atoms with Crippen LogP contribution in [0, 0.1) is 6.92 Å². The van der Waals surface area contributed by atoms with Crippen LogP contribution in [0.5, 0.6) is 0 Å². The van der Waals surface area contributed by atoms with Gasteiger partial charge in [-0.1, -0.05) is 12.1 Å². The lowest BCUT2D eigenvalue weighted by Crippen LogP contribution is -2.36. The molecular weight excluding hydrogens is 334 g/mol. The van der Waals surface area contributed by atoms with Crippen LogP contribution in [-0.2, 0) is 17.8 Å². The van der Waals surface area contributed by atoms with Crippen LogP contribution in [0.1, 0.15) is 15.4 Å². The van der Waals surface area contributed by atoms with Crippen LogP contribution in [0.3, 0.4) is 0 Å². The van der Waals surface area contributed by atoms with Gasteiger partial charge in [-0.3, -0.25) is 4.99 Å². The number of ether oxygens (including phenoxy) is 1. The average Bonchev–Trinajstić information content (AvgIpc) is 3.08. The van der Waals surface area contributed by atoms with E-state index in [0.29, 0.717) is 6.54 Å². The van der Waals surface area contributed by atoms with Crippen molar-refractivity contribution >= 4 is 23.0 Å². The number of hydrogen-bond donors (Lipinski definition) is 2. The van der Waals surface area contributed by atoms with E-state index in [4.69, 9.17) is 4.74 Å². The maximum Gasteiger partial charge on any atom is 0.191 e. The number of morpholine rings is 1. The summed E-state index contributed by atoms with van der Waals surface area (Å²) >= 11 is 1.70. The summed E-state index contributed by atoms with van der Waals surface area (Å²) in [6, 6.07) is 8.68. The third-order valence-electron chi connectivity index (χ3n) is 4.07. The van der Waals surface area contributed by atoms with Gasteiger partial charge in [0.2, 0.25) is 0 Å². The van der Waals surface area contributed by atoms with E-state index in [2.05, 4.69) is 56.7 Å². The maximum absolute atomic E-state index is 5.40. The zero-order chi connectivity index (χ0) is 17.5. The van der Waals surface area contributed by atoms with E-state index in [1.807, 2.05) is 6.20 Å². The summed E-state index contributed by atoms with van der Waals surface area (Å²) in [6.07, 6.45) is 1.90. The molecule has 1 aromatic carbocycles. The summed E-state index contributed by atoms with van der Waals surface area (Å²) in [5.41, 5.74) is 2.48. The molecule has 25 heavy (non-hydrogen) atoms. The highest BCUT2D eigenvalue weighted by Crippen LogP contribution is 2.16. The Balaban J connectivity index is 1.47. The lowest BCUT2D eigenvalue weighted by atomic mass is 10.2. The van der Waals surface area contributed by atoms with Crippen molar-refractivity contribution in [3.63, 3.8) is 0 Å². The Morgan fingerprint density at radius 1 is 1.20 bits per heavy atom. The van der Waals surface area contributed by atoms with Gasteiger partial charge in [-0.05, 0) is 24.6 Å². The standard InChI is InChI=1S/C18H25N5OS/c1-14-11-20-17(25-14)13-22-18(19-2)21-12-15-3-5-16(6-4-15)23-7-9-24-10-8-23/h3-6,11H,7-10,12-13H2,1-2H3,(H2,19,21,22). The van der Waals surface area contributed by atoms with Crippen LogP contribution in [0.25, 0.3) is 0 Å². The zero-order valence-corrected chi connectivity index (χ0v) is 15.6. The third kappa shape index (κ3) is 5.17. The molecule has 3 rings (SSSR count). The van der Waals surface area contributed by atoms with Crippen LogP contribution in [0.4, 0.5) is 5.69 Å². The highest BCUT2D eigenvalue weighted by Gasteiger charge is 2.10. The summed E-state index contributed by atoms with van der Waals surface area (Å²) in [5.74, 6) is 0.783. The van der Waals surface area contributed by atoms with Crippen molar-refractivity contribution in [1.82, 2.24) is 15.6 Å². The Hall–Kier alpha value is -2.12. The van der Waals surface area contributed by atoms with E-state index in [-0.39, 0.29) is 0 Å². The molecule has 0 amide bonds. The fourth-order valence-electron chi connectivity index (χ4n) is 2.70. The number of rotatable bonds is 5. The largest absolute Gasteiger partial charge is 0.378 e. The molecule has 2 heterocycles. The van der Waals surface area contributed by atoms with Crippen molar-refractivity contribution in [2.75, 3.05) is 38.3 Å². The Bertz CT molecular complexity index is 692. The number of nitrogens with zero attached hydrogens (tertiary/aromatic N) is 3. The second kappa shape index (κ2) is 8.82. The Morgan fingerprint density at radius 3 is 2.56 bits per heavy atom. The van der Waals surface area contributed by atoms with E-state index in [1.54, 1.807) is 18.4 Å². The molecule has 1 fully saturated rings. The van der Waals surface area contributed by atoms with Crippen LogP contribution >= 0.6 is 11.3 Å². The topological polar surface area (TPSA) is 61.8 Å². The van der Waals surface area contributed by atoms with Gasteiger partial charge in [-0.25, -0.2) is 4.98 Å². The maximum atomic E-state index is 5.40. The number of hydrogen-bond acceptors (Lipinski definition) is 5. The van der Waals surface area contributed by atoms with Gasteiger partial charge >= 0.3 is 0 Å². The molecule has 0 unspecified atom stereocenters. The fraction of sp³-hybridized carbons (Fsp3) is 0.444. The van der Waals surface area contributed by atoms with Gasteiger partial charge in [-0.15, -0.1) is 11.3 Å². The average molecular weight is 359 g/mol. The summed E-state index contributed by atoms with van der Waals surface area (Å²) in [5, 5.41) is 7.71. The van der Waals surface area contributed by atoms with Crippen molar-refractivity contribution < 1.29 is 4.74 Å². The van der Waals surface area contributed by atoms with Gasteiger partial charge in [-0.2, -0.15) is 0 Å². The molecule has 1 aliphatic heterocycles. The molecule has 0 saturated carbocycles.